The molecule has 12 heteroatoms. The smallest absolute Gasteiger partial charge is 0.413 e. The Morgan fingerprint density at radius 2 is 1.95 bits per heavy atom. The summed E-state index contributed by atoms with van der Waals surface area (Å²) in [6, 6.07) is 1.77. The second-order valence-corrected chi connectivity index (χ2v) is 10.7. The molecule has 0 bridgehead atoms. The van der Waals surface area contributed by atoms with Crippen molar-refractivity contribution >= 4 is 29.8 Å². The fourth-order valence-corrected chi connectivity index (χ4v) is 4.86. The second kappa shape index (κ2) is 10.0. The minimum absolute atomic E-state index is 0.143. The van der Waals surface area contributed by atoms with Crippen LogP contribution in [-0.4, -0.2) is 69.5 Å². The summed E-state index contributed by atoms with van der Waals surface area (Å²) in [6.45, 7) is 9.47. The number of carbonyl (C=O) groups is 2. The first kappa shape index (κ1) is 26.4. The predicted molar refractivity (Wildman–Crippen MR) is 141 cm³/mol. The molecule has 2 aliphatic heterocycles. The number of nitrogens with zero attached hydrogens (tertiary/aromatic N) is 6. The highest BCUT2D eigenvalue weighted by molar-refractivity contribution is 7.97. The van der Waals surface area contributed by atoms with Gasteiger partial charge in [-0.15, -0.1) is 0 Å². The van der Waals surface area contributed by atoms with Crippen LogP contribution in [0.3, 0.4) is 0 Å². The van der Waals surface area contributed by atoms with Gasteiger partial charge in [0.15, 0.2) is 5.84 Å². The van der Waals surface area contributed by atoms with Crippen LogP contribution in [-0.2, 0) is 17.0 Å². The van der Waals surface area contributed by atoms with Crippen LogP contribution in [0.15, 0.2) is 16.7 Å². The number of hydrogen-bond donors (Lipinski definition) is 1. The van der Waals surface area contributed by atoms with Crippen LogP contribution in [0.1, 0.15) is 59.2 Å². The van der Waals surface area contributed by atoms with Gasteiger partial charge in [-0.3, -0.25) is 15.1 Å². The van der Waals surface area contributed by atoms with E-state index in [1.54, 1.807) is 54.2 Å². The van der Waals surface area contributed by atoms with E-state index in [4.69, 9.17) is 19.7 Å². The Bertz CT molecular complexity index is 1370. The largest absolute Gasteiger partial charge is 0.496 e. The third kappa shape index (κ3) is 5.38. The molecule has 1 aromatic rings. The first-order valence-corrected chi connectivity index (χ1v) is 12.7. The lowest BCUT2D eigenvalue weighted by molar-refractivity contribution is 0.0563. The Morgan fingerprint density at radius 1 is 1.22 bits per heavy atom. The maximum Gasteiger partial charge on any atom is 0.413 e. The van der Waals surface area contributed by atoms with Gasteiger partial charge in [0.1, 0.15) is 23.6 Å². The molecule has 4 rings (SSSR count). The maximum atomic E-state index is 13.0. The molecule has 0 saturated carbocycles. The first-order valence-electron chi connectivity index (χ1n) is 11.7. The Labute approximate surface area is 220 Å². The van der Waals surface area contributed by atoms with Crippen molar-refractivity contribution in [2.45, 2.75) is 52.5 Å². The summed E-state index contributed by atoms with van der Waals surface area (Å²) in [5.74, 6) is 1.27. The van der Waals surface area contributed by atoms with Crippen LogP contribution < -0.4 is 10.1 Å². The summed E-state index contributed by atoms with van der Waals surface area (Å²) >= 11 is 1.22. The summed E-state index contributed by atoms with van der Waals surface area (Å²) in [6.07, 6.45) is 1.10. The van der Waals surface area contributed by atoms with E-state index in [1.165, 1.54) is 21.6 Å². The maximum absolute atomic E-state index is 13.0. The number of aryl methyl sites for hydroxylation is 1. The lowest BCUT2D eigenvalue weighted by Gasteiger charge is -2.20. The van der Waals surface area contributed by atoms with E-state index in [2.05, 4.69) is 14.7 Å². The number of amides is 2. The molecule has 1 N–H and O–H groups in total. The van der Waals surface area contributed by atoms with Gasteiger partial charge in [-0.1, -0.05) is 0 Å². The molecule has 1 aromatic heterocycles. The summed E-state index contributed by atoms with van der Waals surface area (Å²) in [5.41, 5.74) is 4.81. The molecule has 0 aromatic carbocycles. The zero-order chi connectivity index (χ0) is 27.1. The van der Waals surface area contributed by atoms with Crippen LogP contribution in [0.2, 0.25) is 0 Å². The average Bonchev–Trinajstić information content (AvgIpc) is 3.06. The Morgan fingerprint density at radius 3 is 2.59 bits per heavy atom. The van der Waals surface area contributed by atoms with Gasteiger partial charge in [0.2, 0.25) is 0 Å². The number of methoxy groups -OCH3 is 1. The summed E-state index contributed by atoms with van der Waals surface area (Å²) in [4.78, 5) is 33.2. The molecule has 0 spiro atoms. The van der Waals surface area contributed by atoms with Gasteiger partial charge in [0, 0.05) is 48.3 Å². The summed E-state index contributed by atoms with van der Waals surface area (Å²) < 4.78 is 15.5. The minimum atomic E-state index is -0.687. The van der Waals surface area contributed by atoms with Gasteiger partial charge in [0.05, 0.1) is 18.5 Å². The van der Waals surface area contributed by atoms with Gasteiger partial charge in [0.25, 0.3) is 5.91 Å². The van der Waals surface area contributed by atoms with E-state index < -0.39 is 11.7 Å². The van der Waals surface area contributed by atoms with Crippen LogP contribution >= 0.6 is 11.9 Å². The molecule has 3 aliphatic rings. The Balaban J connectivity index is 1.85. The van der Waals surface area contributed by atoms with E-state index >= 15 is 0 Å². The number of hydrogen-bond acceptors (Lipinski definition) is 9. The highest BCUT2D eigenvalue weighted by Crippen LogP contribution is 2.38. The molecule has 0 atom stereocenters. The molecule has 0 fully saturated rings. The van der Waals surface area contributed by atoms with E-state index in [1.807, 2.05) is 13.8 Å². The lowest BCUT2D eigenvalue weighted by Crippen LogP contribution is -2.37. The van der Waals surface area contributed by atoms with E-state index in [-0.39, 0.29) is 18.3 Å². The molecule has 2 amide bonds. The number of amidine groups is 1. The zero-order valence-electron chi connectivity index (χ0n) is 22.3. The van der Waals surface area contributed by atoms with Gasteiger partial charge >= 0.3 is 6.09 Å². The Hall–Kier alpha value is -3.67. The zero-order valence-corrected chi connectivity index (χ0v) is 23.1. The third-order valence-electron chi connectivity index (χ3n) is 5.73. The van der Waals surface area contributed by atoms with Crippen molar-refractivity contribution in [3.8, 4) is 17.0 Å². The number of rotatable bonds is 4. The standard InChI is InChI=1S/C25H31N7O4S/c1-13-10-26-18(14(2)21(13)35-8)11-32-28-17-9-15(23(33)31(6)7)16-12-37-30-22(20(29-32)19(16)17)27-24(34)36-25(3,4)5/h9-10H,11-12H2,1-8H3,(H,27,30,34). The Kier molecular flexibility index (Phi) is 7.13. The van der Waals surface area contributed by atoms with Gasteiger partial charge in [-0.2, -0.15) is 19.4 Å². The minimum Gasteiger partial charge on any atom is -0.496 e. The highest BCUT2D eigenvalue weighted by atomic mass is 32.2. The number of pyridine rings is 1. The molecule has 1 aliphatic carbocycles. The highest BCUT2D eigenvalue weighted by Gasteiger charge is 2.32. The fourth-order valence-electron chi connectivity index (χ4n) is 4.11. The van der Waals surface area contributed by atoms with Gasteiger partial charge in [-0.05, 0) is 58.2 Å². The van der Waals surface area contributed by atoms with Crippen molar-refractivity contribution in [3.63, 3.8) is 0 Å². The number of alkyl carbamates (subject to hydrolysis) is 1. The molecule has 37 heavy (non-hydrogen) atoms. The van der Waals surface area contributed by atoms with Gasteiger partial charge in [-0.25, -0.2) is 4.79 Å². The molecule has 3 heterocycles. The number of ether oxygens (including phenoxy) is 2. The SMILES string of the molecule is COc1c(C)cnc(Cn2nc3cc(C(=O)N(C)C)c4c-3c(n2)C(NC(=O)OC(C)(C)C)=NSC4)c1C. The van der Waals surface area contributed by atoms with Crippen LogP contribution in [0.5, 0.6) is 5.75 Å². The quantitative estimate of drug-likeness (QED) is 0.513. The molecule has 196 valence electrons. The van der Waals surface area contributed by atoms with Crippen molar-refractivity contribution in [1.29, 1.82) is 0 Å². The molecule has 0 unspecified atom stereocenters. The van der Waals surface area contributed by atoms with Crippen LogP contribution in [0, 0.1) is 13.8 Å². The topological polar surface area (TPSA) is 124 Å². The molecule has 0 saturated heterocycles. The van der Waals surface area contributed by atoms with Gasteiger partial charge < -0.3 is 14.4 Å². The van der Waals surface area contributed by atoms with Crippen molar-refractivity contribution < 1.29 is 19.1 Å². The van der Waals surface area contributed by atoms with E-state index in [9.17, 15) is 9.59 Å². The predicted octanol–water partition coefficient (Wildman–Crippen LogP) is 3.59. The lowest BCUT2D eigenvalue weighted by atomic mass is 10.1. The number of aromatic nitrogens is 4. The van der Waals surface area contributed by atoms with E-state index in [0.29, 0.717) is 28.3 Å². The van der Waals surface area contributed by atoms with Crippen molar-refractivity contribution in [2.24, 2.45) is 4.40 Å². The van der Waals surface area contributed by atoms with Crippen molar-refractivity contribution in [1.82, 2.24) is 30.2 Å². The normalized spacial score (nSPS) is 13.1. The van der Waals surface area contributed by atoms with Crippen LogP contribution in [0.4, 0.5) is 4.79 Å². The fraction of sp³-hybridized carbons (Fsp3) is 0.440. The average molecular weight is 526 g/mol. The van der Waals surface area contributed by atoms with Crippen molar-refractivity contribution in [3.05, 3.63) is 45.9 Å². The molecule has 11 nitrogen and oxygen atoms in total. The first-order chi connectivity index (χ1) is 17.4. The second-order valence-electron chi connectivity index (χ2n) is 9.96. The van der Waals surface area contributed by atoms with Crippen molar-refractivity contribution in [2.75, 3.05) is 21.2 Å². The molecule has 0 radical (unpaired) electrons. The number of carbonyl (C=O) groups excluding carboxylic acids is 2. The summed E-state index contributed by atoms with van der Waals surface area (Å²) in [7, 11) is 5.03. The number of nitrogens with one attached hydrogen (secondary N) is 1. The molecular formula is C25H31N7O4S. The van der Waals surface area contributed by atoms with E-state index in [0.717, 1.165) is 28.1 Å². The third-order valence-corrected chi connectivity index (χ3v) is 6.45. The monoisotopic (exact) mass is 525 g/mol. The van der Waals surface area contributed by atoms with Crippen LogP contribution in [0.25, 0.3) is 11.3 Å². The summed E-state index contributed by atoms with van der Waals surface area (Å²) in [5, 5.41) is 12.2. The molecular weight excluding hydrogens is 494 g/mol.